The number of likely N-dealkylation sites (tertiary alicyclic amines) is 1. The van der Waals surface area contributed by atoms with Crippen LogP contribution in [0.4, 0.5) is 4.79 Å². The van der Waals surface area contributed by atoms with Gasteiger partial charge in [-0.2, -0.15) is 0 Å². The standard InChI is InChI=1S/C12H19NO3/c1-5-6-9-7-8-10(14)13(9)11(15)16-12(2,3)4/h5,9H,1,6-8H2,2-4H3. The maximum Gasteiger partial charge on any atom is 0.417 e. The zero-order valence-corrected chi connectivity index (χ0v) is 10.2. The number of nitrogens with zero attached hydrogens (tertiary/aromatic N) is 1. The first kappa shape index (κ1) is 12.7. The highest BCUT2D eigenvalue weighted by Gasteiger charge is 2.37. The van der Waals surface area contributed by atoms with E-state index >= 15 is 0 Å². The number of hydrogen-bond donors (Lipinski definition) is 0. The number of carbonyl (C=O) groups is 2. The molecule has 2 amide bonds. The molecule has 1 saturated heterocycles. The van der Waals surface area contributed by atoms with E-state index in [1.54, 1.807) is 26.8 Å². The van der Waals surface area contributed by atoms with Crippen LogP contribution in [0, 0.1) is 0 Å². The van der Waals surface area contributed by atoms with Gasteiger partial charge in [0.05, 0.1) is 0 Å². The molecule has 0 saturated carbocycles. The summed E-state index contributed by atoms with van der Waals surface area (Å²) in [6.45, 7) is 8.98. The summed E-state index contributed by atoms with van der Waals surface area (Å²) in [6.07, 6.45) is 2.93. The Hall–Kier alpha value is -1.32. The van der Waals surface area contributed by atoms with E-state index in [0.717, 1.165) is 0 Å². The summed E-state index contributed by atoms with van der Waals surface area (Å²) >= 11 is 0. The molecule has 1 aliphatic rings. The second kappa shape index (κ2) is 4.68. The Morgan fingerprint density at radius 1 is 1.62 bits per heavy atom. The maximum atomic E-state index is 11.8. The molecule has 0 aromatic heterocycles. The van der Waals surface area contributed by atoms with Crippen molar-refractivity contribution in [2.75, 3.05) is 0 Å². The molecule has 4 nitrogen and oxygen atoms in total. The number of carbonyl (C=O) groups excluding carboxylic acids is 2. The van der Waals surface area contributed by atoms with Crippen molar-refractivity contribution in [2.45, 2.75) is 51.7 Å². The molecular formula is C12H19NO3. The van der Waals surface area contributed by atoms with Gasteiger partial charge in [-0.05, 0) is 33.6 Å². The average molecular weight is 225 g/mol. The van der Waals surface area contributed by atoms with Gasteiger partial charge in [0.15, 0.2) is 0 Å². The number of rotatable bonds is 2. The van der Waals surface area contributed by atoms with Crippen LogP contribution in [0.3, 0.4) is 0 Å². The van der Waals surface area contributed by atoms with Gasteiger partial charge in [-0.25, -0.2) is 9.69 Å². The second-order valence-electron chi connectivity index (χ2n) is 4.96. The number of hydrogen-bond acceptors (Lipinski definition) is 3. The van der Waals surface area contributed by atoms with E-state index in [9.17, 15) is 9.59 Å². The molecule has 1 unspecified atom stereocenters. The predicted octanol–water partition coefficient (Wildman–Crippen LogP) is 2.49. The summed E-state index contributed by atoms with van der Waals surface area (Å²) in [5.74, 6) is -0.152. The van der Waals surface area contributed by atoms with Crippen LogP contribution < -0.4 is 0 Å². The largest absolute Gasteiger partial charge is 0.443 e. The number of amides is 2. The highest BCUT2D eigenvalue weighted by atomic mass is 16.6. The van der Waals surface area contributed by atoms with Crippen LogP contribution in [-0.2, 0) is 9.53 Å². The Kier molecular flexibility index (Phi) is 3.73. The lowest BCUT2D eigenvalue weighted by molar-refractivity contribution is -0.128. The van der Waals surface area contributed by atoms with E-state index in [1.165, 1.54) is 4.90 Å². The van der Waals surface area contributed by atoms with Crippen LogP contribution in [0.25, 0.3) is 0 Å². The van der Waals surface area contributed by atoms with Crippen molar-refractivity contribution in [3.8, 4) is 0 Å². The van der Waals surface area contributed by atoms with Crippen molar-refractivity contribution in [3.63, 3.8) is 0 Å². The molecule has 1 heterocycles. The minimum atomic E-state index is -0.571. The molecule has 4 heteroatoms. The molecule has 0 N–H and O–H groups in total. The summed E-state index contributed by atoms with van der Waals surface area (Å²) in [5, 5.41) is 0. The first-order valence-electron chi connectivity index (χ1n) is 5.51. The van der Waals surface area contributed by atoms with Gasteiger partial charge in [-0.15, -0.1) is 6.58 Å². The maximum absolute atomic E-state index is 11.8. The molecular weight excluding hydrogens is 206 g/mol. The SMILES string of the molecule is C=CCC1CCC(=O)N1C(=O)OC(C)(C)C. The summed E-state index contributed by atoms with van der Waals surface area (Å²) in [4.78, 5) is 24.6. The van der Waals surface area contributed by atoms with E-state index in [-0.39, 0.29) is 11.9 Å². The van der Waals surface area contributed by atoms with Crippen LogP contribution in [0.5, 0.6) is 0 Å². The summed E-state index contributed by atoms with van der Waals surface area (Å²) in [7, 11) is 0. The molecule has 90 valence electrons. The van der Waals surface area contributed by atoms with Gasteiger partial charge in [-0.3, -0.25) is 4.79 Å². The molecule has 0 aliphatic carbocycles. The van der Waals surface area contributed by atoms with E-state index in [4.69, 9.17) is 4.74 Å². The average Bonchev–Trinajstić information content (AvgIpc) is 2.44. The fraction of sp³-hybridized carbons (Fsp3) is 0.667. The van der Waals surface area contributed by atoms with Crippen molar-refractivity contribution < 1.29 is 14.3 Å². The molecule has 16 heavy (non-hydrogen) atoms. The highest BCUT2D eigenvalue weighted by molar-refractivity contribution is 5.94. The quantitative estimate of drug-likeness (QED) is 0.678. The van der Waals surface area contributed by atoms with Crippen molar-refractivity contribution in [1.29, 1.82) is 0 Å². The topological polar surface area (TPSA) is 46.6 Å². The molecule has 0 radical (unpaired) electrons. The van der Waals surface area contributed by atoms with Crippen molar-refractivity contribution in [3.05, 3.63) is 12.7 Å². The van der Waals surface area contributed by atoms with Crippen molar-refractivity contribution >= 4 is 12.0 Å². The van der Waals surface area contributed by atoms with Crippen LogP contribution >= 0.6 is 0 Å². The van der Waals surface area contributed by atoms with Gasteiger partial charge < -0.3 is 4.74 Å². The minimum Gasteiger partial charge on any atom is -0.443 e. The number of imide groups is 1. The molecule has 0 bridgehead atoms. The van der Waals surface area contributed by atoms with E-state index in [1.807, 2.05) is 0 Å². The van der Waals surface area contributed by atoms with E-state index in [2.05, 4.69) is 6.58 Å². The summed E-state index contributed by atoms with van der Waals surface area (Å²) in [5.41, 5.74) is -0.571. The highest BCUT2D eigenvalue weighted by Crippen LogP contribution is 2.24. The van der Waals surface area contributed by atoms with Crippen LogP contribution in [0.15, 0.2) is 12.7 Å². The molecule has 1 aliphatic heterocycles. The van der Waals surface area contributed by atoms with Crippen molar-refractivity contribution in [2.24, 2.45) is 0 Å². The zero-order valence-electron chi connectivity index (χ0n) is 10.2. The van der Waals surface area contributed by atoms with Gasteiger partial charge >= 0.3 is 6.09 Å². The van der Waals surface area contributed by atoms with E-state index in [0.29, 0.717) is 19.3 Å². The molecule has 0 aromatic carbocycles. The van der Waals surface area contributed by atoms with E-state index < -0.39 is 11.7 Å². The number of ether oxygens (including phenoxy) is 1. The predicted molar refractivity (Wildman–Crippen MR) is 60.9 cm³/mol. The second-order valence-corrected chi connectivity index (χ2v) is 4.96. The molecule has 1 atom stereocenters. The van der Waals surface area contributed by atoms with Gasteiger partial charge in [0.1, 0.15) is 5.60 Å². The first-order valence-corrected chi connectivity index (χ1v) is 5.51. The zero-order chi connectivity index (χ0) is 12.3. The monoisotopic (exact) mass is 225 g/mol. The Bertz CT molecular complexity index is 304. The smallest absolute Gasteiger partial charge is 0.417 e. The Balaban J connectivity index is 2.71. The molecule has 1 rings (SSSR count). The van der Waals surface area contributed by atoms with Gasteiger partial charge in [0, 0.05) is 12.5 Å². The lowest BCUT2D eigenvalue weighted by atomic mass is 10.1. The van der Waals surface area contributed by atoms with Gasteiger partial charge in [0.2, 0.25) is 5.91 Å². The normalized spacial score (nSPS) is 21.1. The Labute approximate surface area is 96.3 Å². The van der Waals surface area contributed by atoms with Crippen molar-refractivity contribution in [1.82, 2.24) is 4.90 Å². The third-order valence-corrected chi connectivity index (χ3v) is 2.35. The van der Waals surface area contributed by atoms with Gasteiger partial charge in [0.25, 0.3) is 0 Å². The molecule has 1 fully saturated rings. The third kappa shape index (κ3) is 3.08. The van der Waals surface area contributed by atoms with Crippen LogP contribution in [0.2, 0.25) is 0 Å². The Morgan fingerprint density at radius 2 is 2.25 bits per heavy atom. The fourth-order valence-corrected chi connectivity index (χ4v) is 1.72. The minimum absolute atomic E-state index is 0.0835. The third-order valence-electron chi connectivity index (χ3n) is 2.35. The first-order chi connectivity index (χ1) is 7.35. The lowest BCUT2D eigenvalue weighted by Gasteiger charge is -2.26. The summed E-state index contributed by atoms with van der Waals surface area (Å²) in [6, 6.07) is -0.0835. The van der Waals surface area contributed by atoms with Gasteiger partial charge in [-0.1, -0.05) is 6.08 Å². The summed E-state index contributed by atoms with van der Waals surface area (Å²) < 4.78 is 5.20. The van der Waals surface area contributed by atoms with Crippen LogP contribution in [0.1, 0.15) is 40.0 Å². The molecule has 0 spiro atoms. The fourth-order valence-electron chi connectivity index (χ4n) is 1.72. The molecule has 0 aromatic rings. The lowest BCUT2D eigenvalue weighted by Crippen LogP contribution is -2.42. The Morgan fingerprint density at radius 3 is 2.75 bits per heavy atom. The van der Waals surface area contributed by atoms with Crippen LogP contribution in [-0.4, -0.2) is 28.5 Å².